The molecule has 3 aromatic rings. The number of benzene rings is 2. The van der Waals surface area contributed by atoms with Crippen LogP contribution in [0.2, 0.25) is 0 Å². The lowest BCUT2D eigenvalue weighted by atomic mass is 10.1. The summed E-state index contributed by atoms with van der Waals surface area (Å²) in [5, 5.41) is 8.21. The van der Waals surface area contributed by atoms with Gasteiger partial charge in [0.25, 0.3) is 10.2 Å². The van der Waals surface area contributed by atoms with Crippen molar-refractivity contribution in [2.75, 3.05) is 7.11 Å². The summed E-state index contributed by atoms with van der Waals surface area (Å²) in [4.78, 5) is 3.55. The van der Waals surface area contributed by atoms with Crippen molar-refractivity contribution < 1.29 is 35.1 Å². The molecule has 0 radical (unpaired) electrons. The molecule has 3 rings (SSSR count). The maximum atomic E-state index is 13.9. The minimum absolute atomic E-state index is 0.00695. The Balaban J connectivity index is 0.000000537. The zero-order chi connectivity index (χ0) is 21.8. The fourth-order valence-electron chi connectivity index (χ4n) is 2.24. The molecule has 0 saturated heterocycles. The van der Waals surface area contributed by atoms with Gasteiger partial charge in [0, 0.05) is 11.1 Å². The SMILES string of the molecule is COc1ccc(-c2oc(C(F)(F)F)nc2-c2ccccc2)cc1F.NS(N)(=O)=O. The van der Waals surface area contributed by atoms with Crippen molar-refractivity contribution in [2.45, 2.75) is 6.18 Å². The van der Waals surface area contributed by atoms with Gasteiger partial charge in [0.05, 0.1) is 7.11 Å². The van der Waals surface area contributed by atoms with E-state index in [0.717, 1.165) is 6.07 Å². The van der Waals surface area contributed by atoms with Gasteiger partial charge in [0.1, 0.15) is 5.69 Å². The normalized spacial score (nSPS) is 11.6. The Kier molecular flexibility index (Phi) is 6.62. The van der Waals surface area contributed by atoms with E-state index in [0.29, 0.717) is 5.56 Å². The summed E-state index contributed by atoms with van der Waals surface area (Å²) in [6.45, 7) is 0. The van der Waals surface area contributed by atoms with E-state index >= 15 is 0 Å². The van der Waals surface area contributed by atoms with E-state index in [-0.39, 0.29) is 22.8 Å². The van der Waals surface area contributed by atoms with Crippen LogP contribution in [-0.2, 0) is 16.4 Å². The standard InChI is InChI=1S/C17H11F4NO2.H4N2O2S/c1-23-13-8-7-11(9-12(13)18)15-14(10-5-3-2-4-6-10)22-16(24-15)17(19,20)21;1-5(2,3)4/h2-9H,1H3;(H4,1,2,3,4). The Morgan fingerprint density at radius 3 is 2.10 bits per heavy atom. The Hall–Kier alpha value is -2.96. The highest BCUT2D eigenvalue weighted by Crippen LogP contribution is 2.39. The van der Waals surface area contributed by atoms with Crippen molar-refractivity contribution in [3.63, 3.8) is 0 Å². The zero-order valence-electron chi connectivity index (χ0n) is 14.8. The monoisotopic (exact) mass is 433 g/mol. The number of nitrogens with zero attached hydrogens (tertiary/aromatic N) is 1. The van der Waals surface area contributed by atoms with Crippen LogP contribution < -0.4 is 15.0 Å². The molecule has 0 unspecified atom stereocenters. The van der Waals surface area contributed by atoms with E-state index in [1.165, 1.54) is 19.2 Å². The van der Waals surface area contributed by atoms with Gasteiger partial charge in [-0.15, -0.1) is 0 Å². The van der Waals surface area contributed by atoms with Crippen LogP contribution in [0, 0.1) is 5.82 Å². The highest BCUT2D eigenvalue weighted by Gasteiger charge is 2.39. The van der Waals surface area contributed by atoms with Gasteiger partial charge < -0.3 is 9.15 Å². The number of methoxy groups -OCH3 is 1. The summed E-state index contributed by atoms with van der Waals surface area (Å²) >= 11 is 0. The van der Waals surface area contributed by atoms with Crippen molar-refractivity contribution in [3.8, 4) is 28.3 Å². The Labute approximate surface area is 163 Å². The third-order valence-electron chi connectivity index (χ3n) is 3.33. The molecule has 4 N–H and O–H groups in total. The third kappa shape index (κ3) is 6.27. The van der Waals surface area contributed by atoms with Crippen LogP contribution in [0.25, 0.3) is 22.6 Å². The number of ether oxygens (including phenoxy) is 1. The molecule has 0 spiro atoms. The molecule has 1 aromatic heterocycles. The Morgan fingerprint density at radius 1 is 1.03 bits per heavy atom. The first-order valence-electron chi connectivity index (χ1n) is 7.68. The number of oxazole rings is 1. The van der Waals surface area contributed by atoms with Crippen molar-refractivity contribution in [2.24, 2.45) is 10.3 Å². The van der Waals surface area contributed by atoms with Gasteiger partial charge >= 0.3 is 12.1 Å². The van der Waals surface area contributed by atoms with E-state index in [2.05, 4.69) is 15.3 Å². The first kappa shape index (κ1) is 22.3. The molecule has 0 aliphatic rings. The van der Waals surface area contributed by atoms with E-state index in [9.17, 15) is 26.0 Å². The molecular weight excluding hydrogens is 418 g/mol. The quantitative estimate of drug-likeness (QED) is 0.614. The average molecular weight is 433 g/mol. The minimum atomic E-state index is -4.74. The largest absolute Gasteiger partial charge is 0.494 e. The molecular formula is C17H15F4N3O4S. The van der Waals surface area contributed by atoms with E-state index in [4.69, 9.17) is 9.15 Å². The summed E-state index contributed by atoms with van der Waals surface area (Å²) in [7, 11) is -2.37. The average Bonchev–Trinajstić information content (AvgIpc) is 3.07. The topological polar surface area (TPSA) is 121 Å². The number of alkyl halides is 3. The molecule has 2 aromatic carbocycles. The number of hydrogen-bond acceptors (Lipinski definition) is 5. The minimum Gasteiger partial charge on any atom is -0.494 e. The van der Waals surface area contributed by atoms with Gasteiger partial charge in [-0.25, -0.2) is 19.7 Å². The second kappa shape index (κ2) is 8.59. The second-order valence-electron chi connectivity index (χ2n) is 5.50. The van der Waals surface area contributed by atoms with Crippen molar-refractivity contribution in [3.05, 3.63) is 60.2 Å². The molecule has 0 aliphatic heterocycles. The predicted octanol–water partition coefficient (Wildman–Crippen LogP) is 3.32. The summed E-state index contributed by atoms with van der Waals surface area (Å²) in [6.07, 6.45) is -4.74. The van der Waals surface area contributed by atoms with Crippen LogP contribution in [-0.4, -0.2) is 20.5 Å². The number of aromatic nitrogens is 1. The first-order valence-corrected chi connectivity index (χ1v) is 9.29. The maximum absolute atomic E-state index is 13.9. The van der Waals surface area contributed by atoms with Crippen molar-refractivity contribution in [1.82, 2.24) is 4.98 Å². The lowest BCUT2D eigenvalue weighted by molar-refractivity contribution is -0.156. The number of hydrogen-bond donors (Lipinski definition) is 2. The van der Waals surface area contributed by atoms with Gasteiger partial charge in [0.2, 0.25) is 0 Å². The molecule has 0 bridgehead atoms. The Morgan fingerprint density at radius 2 is 1.62 bits per heavy atom. The van der Waals surface area contributed by atoms with E-state index in [1.807, 2.05) is 0 Å². The van der Waals surface area contributed by atoms with Crippen LogP contribution in [0.1, 0.15) is 5.89 Å². The number of nitrogens with two attached hydrogens (primary N) is 2. The number of rotatable bonds is 3. The molecule has 0 aliphatic carbocycles. The van der Waals surface area contributed by atoms with Crippen LogP contribution in [0.5, 0.6) is 5.75 Å². The van der Waals surface area contributed by atoms with Gasteiger partial charge in [-0.2, -0.15) is 21.6 Å². The third-order valence-corrected chi connectivity index (χ3v) is 3.33. The molecule has 7 nitrogen and oxygen atoms in total. The lowest BCUT2D eigenvalue weighted by Crippen LogP contribution is -2.21. The molecule has 0 saturated carbocycles. The maximum Gasteiger partial charge on any atom is 0.468 e. The molecule has 1 heterocycles. The summed E-state index contributed by atoms with van der Waals surface area (Å²) < 4.78 is 80.9. The van der Waals surface area contributed by atoms with Crippen molar-refractivity contribution in [1.29, 1.82) is 0 Å². The van der Waals surface area contributed by atoms with Gasteiger partial charge in [0.15, 0.2) is 17.3 Å². The van der Waals surface area contributed by atoms with Gasteiger partial charge in [-0.1, -0.05) is 30.3 Å². The fourth-order valence-corrected chi connectivity index (χ4v) is 2.24. The summed E-state index contributed by atoms with van der Waals surface area (Å²) in [5.41, 5.74) is 0.561. The second-order valence-corrected chi connectivity index (χ2v) is 6.68. The Bertz CT molecular complexity index is 1080. The van der Waals surface area contributed by atoms with Crippen molar-refractivity contribution >= 4 is 10.2 Å². The fraction of sp³-hybridized carbons (Fsp3) is 0.118. The smallest absolute Gasteiger partial charge is 0.468 e. The van der Waals surface area contributed by atoms with Gasteiger partial charge in [-0.05, 0) is 18.2 Å². The summed E-state index contributed by atoms with van der Waals surface area (Å²) in [6, 6.07) is 12.0. The summed E-state index contributed by atoms with van der Waals surface area (Å²) in [5.74, 6) is -2.27. The molecule has 156 valence electrons. The zero-order valence-corrected chi connectivity index (χ0v) is 15.6. The number of halogens is 4. The molecule has 12 heteroatoms. The molecule has 0 atom stereocenters. The van der Waals surface area contributed by atoms with Crippen LogP contribution >= 0.6 is 0 Å². The first-order chi connectivity index (χ1) is 13.4. The van der Waals surface area contributed by atoms with Crippen LogP contribution in [0.4, 0.5) is 17.6 Å². The van der Waals surface area contributed by atoms with E-state index in [1.54, 1.807) is 30.3 Å². The lowest BCUT2D eigenvalue weighted by Gasteiger charge is -2.05. The predicted molar refractivity (Wildman–Crippen MR) is 96.2 cm³/mol. The molecule has 0 fully saturated rings. The van der Waals surface area contributed by atoms with Crippen LogP contribution in [0.3, 0.4) is 0 Å². The highest BCUT2D eigenvalue weighted by atomic mass is 32.2. The van der Waals surface area contributed by atoms with Gasteiger partial charge in [-0.3, -0.25) is 0 Å². The van der Waals surface area contributed by atoms with E-state index < -0.39 is 28.1 Å². The highest BCUT2D eigenvalue weighted by molar-refractivity contribution is 7.86. The molecule has 0 amide bonds. The van der Waals surface area contributed by atoms with Crippen LogP contribution in [0.15, 0.2) is 52.9 Å². The molecule has 29 heavy (non-hydrogen) atoms.